The minimum atomic E-state index is -1.47. The molecule has 0 aliphatic heterocycles. The van der Waals surface area contributed by atoms with Crippen LogP contribution in [-0.2, 0) is 9.59 Å². The lowest BCUT2D eigenvalue weighted by Gasteiger charge is -2.21. The van der Waals surface area contributed by atoms with Crippen molar-refractivity contribution in [1.82, 2.24) is 5.32 Å². The third-order valence-corrected chi connectivity index (χ3v) is 2.67. The van der Waals surface area contributed by atoms with Crippen molar-refractivity contribution >= 4 is 23.7 Å². The van der Waals surface area contributed by atoms with Crippen molar-refractivity contribution in [3.05, 3.63) is 29.8 Å². The van der Waals surface area contributed by atoms with Gasteiger partial charge in [-0.3, -0.25) is 9.69 Å². The van der Waals surface area contributed by atoms with Gasteiger partial charge in [-0.1, -0.05) is 12.1 Å². The Kier molecular flexibility index (Phi) is 5.08. The first kappa shape index (κ1) is 15.5. The number of anilines is 1. The van der Waals surface area contributed by atoms with Crippen molar-refractivity contribution in [3.63, 3.8) is 0 Å². The number of nitrogens with one attached hydrogen (secondary N) is 1. The zero-order chi connectivity index (χ0) is 15.3. The van der Waals surface area contributed by atoms with Gasteiger partial charge < -0.3 is 15.5 Å². The largest absolute Gasteiger partial charge is 0.481 e. The number of carbonyl (C=O) groups excluding carboxylic acids is 1. The number of nitrogens with zero attached hydrogens (tertiary/aromatic N) is 1. The number of carbonyl (C=O) groups is 3. The number of amides is 2. The highest BCUT2D eigenvalue weighted by Crippen LogP contribution is 2.14. The van der Waals surface area contributed by atoms with E-state index in [-0.39, 0.29) is 0 Å². The number of aryl methyl sites for hydroxylation is 1. The van der Waals surface area contributed by atoms with E-state index in [1.54, 1.807) is 18.2 Å². The van der Waals surface area contributed by atoms with Gasteiger partial charge in [0, 0.05) is 12.7 Å². The van der Waals surface area contributed by atoms with Gasteiger partial charge in [0.1, 0.15) is 6.04 Å². The summed E-state index contributed by atoms with van der Waals surface area (Å²) in [5.41, 5.74) is 1.53. The number of hydrogen-bond acceptors (Lipinski definition) is 3. The van der Waals surface area contributed by atoms with Crippen LogP contribution in [0.25, 0.3) is 0 Å². The Morgan fingerprint density at radius 3 is 2.45 bits per heavy atom. The molecule has 108 valence electrons. The van der Waals surface area contributed by atoms with Crippen LogP contribution in [0.4, 0.5) is 10.5 Å². The predicted molar refractivity (Wildman–Crippen MR) is 71.8 cm³/mol. The molecule has 20 heavy (non-hydrogen) atoms. The maximum Gasteiger partial charge on any atom is 0.326 e. The topological polar surface area (TPSA) is 107 Å². The van der Waals surface area contributed by atoms with E-state index in [1.807, 2.05) is 13.0 Å². The average molecular weight is 280 g/mol. The standard InChI is InChI=1S/C13H16N2O5/c1-8-4-3-5-9(6-8)15(2)13(20)14-10(12(18)19)7-11(16)17/h3-6,10H,7H2,1-2H3,(H,14,20)(H,16,17)(H,18,19)/t10-/m1/s1. The molecule has 0 aliphatic carbocycles. The van der Waals surface area contributed by atoms with Crippen LogP contribution >= 0.6 is 0 Å². The molecule has 1 atom stereocenters. The quantitative estimate of drug-likeness (QED) is 0.747. The van der Waals surface area contributed by atoms with E-state index < -0.39 is 30.4 Å². The normalized spacial score (nSPS) is 11.5. The van der Waals surface area contributed by atoms with E-state index in [9.17, 15) is 14.4 Å². The van der Waals surface area contributed by atoms with Crippen molar-refractivity contribution in [3.8, 4) is 0 Å². The molecule has 0 spiro atoms. The van der Waals surface area contributed by atoms with Crippen LogP contribution in [0, 0.1) is 6.92 Å². The lowest BCUT2D eigenvalue weighted by molar-refractivity contribution is -0.145. The number of urea groups is 1. The van der Waals surface area contributed by atoms with Crippen molar-refractivity contribution < 1.29 is 24.6 Å². The van der Waals surface area contributed by atoms with Gasteiger partial charge in [0.05, 0.1) is 6.42 Å². The van der Waals surface area contributed by atoms with E-state index in [2.05, 4.69) is 5.32 Å². The van der Waals surface area contributed by atoms with E-state index in [1.165, 1.54) is 11.9 Å². The van der Waals surface area contributed by atoms with Gasteiger partial charge in [-0.25, -0.2) is 9.59 Å². The minimum absolute atomic E-state index is 0.585. The van der Waals surface area contributed by atoms with Crippen LogP contribution in [0.2, 0.25) is 0 Å². The number of hydrogen-bond donors (Lipinski definition) is 3. The van der Waals surface area contributed by atoms with E-state index in [0.717, 1.165) is 5.56 Å². The molecule has 0 heterocycles. The molecule has 0 aromatic heterocycles. The van der Waals surface area contributed by atoms with E-state index >= 15 is 0 Å². The third kappa shape index (κ3) is 4.27. The zero-order valence-electron chi connectivity index (χ0n) is 11.2. The Hall–Kier alpha value is -2.57. The highest BCUT2D eigenvalue weighted by atomic mass is 16.4. The summed E-state index contributed by atoms with van der Waals surface area (Å²) in [6, 6.07) is 4.93. The van der Waals surface area contributed by atoms with Gasteiger partial charge in [-0.15, -0.1) is 0 Å². The summed E-state index contributed by atoms with van der Waals surface area (Å²) in [4.78, 5) is 34.6. The van der Waals surface area contributed by atoms with Gasteiger partial charge in [-0.2, -0.15) is 0 Å². The first-order valence-electron chi connectivity index (χ1n) is 5.86. The molecule has 0 saturated carbocycles. The van der Waals surface area contributed by atoms with Gasteiger partial charge in [0.25, 0.3) is 0 Å². The number of benzene rings is 1. The van der Waals surface area contributed by atoms with Crippen LogP contribution in [0.3, 0.4) is 0 Å². The molecule has 3 N–H and O–H groups in total. The van der Waals surface area contributed by atoms with Crippen LogP contribution in [0.5, 0.6) is 0 Å². The maximum atomic E-state index is 11.9. The van der Waals surface area contributed by atoms with Crippen LogP contribution in [0.1, 0.15) is 12.0 Å². The number of rotatable bonds is 5. The minimum Gasteiger partial charge on any atom is -0.481 e. The van der Waals surface area contributed by atoms with Crippen LogP contribution in [-0.4, -0.2) is 41.3 Å². The molecule has 0 unspecified atom stereocenters. The Balaban J connectivity index is 2.78. The van der Waals surface area contributed by atoms with Crippen LogP contribution in [0.15, 0.2) is 24.3 Å². The van der Waals surface area contributed by atoms with Gasteiger partial charge in [0.15, 0.2) is 0 Å². The molecule has 0 saturated heterocycles. The SMILES string of the molecule is Cc1cccc(N(C)C(=O)N[C@H](CC(=O)O)C(=O)O)c1. The Bertz CT molecular complexity index is 529. The lowest BCUT2D eigenvalue weighted by Crippen LogP contribution is -2.47. The number of carboxylic acid groups (broad SMARTS) is 2. The molecule has 0 bridgehead atoms. The molecule has 1 aromatic rings. The van der Waals surface area contributed by atoms with Crippen molar-refractivity contribution in [2.75, 3.05) is 11.9 Å². The molecule has 0 aliphatic rings. The smallest absolute Gasteiger partial charge is 0.326 e. The number of aliphatic carboxylic acids is 2. The molecular weight excluding hydrogens is 264 g/mol. The molecule has 1 rings (SSSR count). The Labute approximate surface area is 115 Å². The van der Waals surface area contributed by atoms with E-state index in [0.29, 0.717) is 5.69 Å². The summed E-state index contributed by atoms with van der Waals surface area (Å²) in [7, 11) is 1.48. The second-order valence-corrected chi connectivity index (χ2v) is 4.34. The van der Waals surface area contributed by atoms with E-state index in [4.69, 9.17) is 10.2 Å². The van der Waals surface area contributed by atoms with Crippen molar-refractivity contribution in [1.29, 1.82) is 0 Å². The molecule has 7 heteroatoms. The van der Waals surface area contributed by atoms with Gasteiger partial charge in [-0.05, 0) is 24.6 Å². The Morgan fingerprint density at radius 2 is 1.95 bits per heavy atom. The summed E-state index contributed by atoms with van der Waals surface area (Å²) in [5.74, 6) is -2.69. The molecule has 2 amide bonds. The second-order valence-electron chi connectivity index (χ2n) is 4.34. The van der Waals surface area contributed by atoms with Gasteiger partial charge >= 0.3 is 18.0 Å². The molecule has 7 nitrogen and oxygen atoms in total. The molecule has 0 radical (unpaired) electrons. The summed E-state index contributed by atoms with van der Waals surface area (Å²) in [6.07, 6.45) is -0.678. The average Bonchev–Trinajstić information content (AvgIpc) is 2.36. The Morgan fingerprint density at radius 1 is 1.30 bits per heavy atom. The summed E-state index contributed by atoms with van der Waals surface area (Å²) < 4.78 is 0. The fraction of sp³-hybridized carbons (Fsp3) is 0.308. The predicted octanol–water partition coefficient (Wildman–Crippen LogP) is 1.07. The highest BCUT2D eigenvalue weighted by molar-refractivity contribution is 5.95. The second kappa shape index (κ2) is 6.55. The zero-order valence-corrected chi connectivity index (χ0v) is 11.2. The molecule has 1 aromatic carbocycles. The summed E-state index contributed by atoms with van der Waals surface area (Å²) in [6.45, 7) is 1.86. The van der Waals surface area contributed by atoms with Crippen molar-refractivity contribution in [2.24, 2.45) is 0 Å². The highest BCUT2D eigenvalue weighted by Gasteiger charge is 2.24. The maximum absolute atomic E-state index is 11.9. The third-order valence-electron chi connectivity index (χ3n) is 2.67. The number of carboxylic acids is 2. The van der Waals surface area contributed by atoms with Gasteiger partial charge in [0.2, 0.25) is 0 Å². The monoisotopic (exact) mass is 280 g/mol. The first-order valence-corrected chi connectivity index (χ1v) is 5.86. The first-order chi connectivity index (χ1) is 9.31. The summed E-state index contributed by atoms with van der Waals surface area (Å²) in [5, 5.41) is 19.7. The fourth-order valence-corrected chi connectivity index (χ4v) is 1.57. The molecular formula is C13H16N2O5. The summed E-state index contributed by atoms with van der Waals surface area (Å²) >= 11 is 0. The van der Waals surface area contributed by atoms with Crippen molar-refractivity contribution in [2.45, 2.75) is 19.4 Å². The molecule has 0 fully saturated rings. The lowest BCUT2D eigenvalue weighted by atomic mass is 10.2. The van der Waals surface area contributed by atoms with Crippen LogP contribution < -0.4 is 10.2 Å². The fourth-order valence-electron chi connectivity index (χ4n) is 1.57.